The zero-order valence-corrected chi connectivity index (χ0v) is 19.1. The van der Waals surface area contributed by atoms with Crippen LogP contribution >= 0.6 is 0 Å². The molecule has 2 nitrogen and oxygen atoms in total. The number of benzene rings is 4. The van der Waals surface area contributed by atoms with Gasteiger partial charge in [-0.25, -0.2) is 0 Å². The third-order valence-corrected chi connectivity index (χ3v) is 5.09. The van der Waals surface area contributed by atoms with Crippen LogP contribution in [0, 0.1) is 14.9 Å². The number of hydrogen-bond acceptors (Lipinski definition) is 1. The Hall–Kier alpha value is -3.12. The van der Waals surface area contributed by atoms with Crippen LogP contribution in [0.25, 0.3) is 38.1 Å². The summed E-state index contributed by atoms with van der Waals surface area (Å²) >= 11 is 0. The van der Waals surface area contributed by atoms with Gasteiger partial charge in [0.25, 0.3) is 0 Å². The molecule has 31 heavy (non-hydrogen) atoms. The molecular formula is C28H25AlN2. The van der Waals surface area contributed by atoms with E-state index in [0.717, 1.165) is 22.3 Å². The molecule has 0 saturated heterocycles. The molecule has 0 aliphatic heterocycles. The first-order chi connectivity index (χ1) is 13.9. The summed E-state index contributed by atoms with van der Waals surface area (Å²) in [5.41, 5.74) is 4.27. The van der Waals surface area contributed by atoms with E-state index in [0.29, 0.717) is 6.54 Å². The van der Waals surface area contributed by atoms with E-state index in [-0.39, 0.29) is 32.2 Å². The van der Waals surface area contributed by atoms with Crippen LogP contribution in [0.5, 0.6) is 0 Å². The summed E-state index contributed by atoms with van der Waals surface area (Å²) in [5.74, 6) is 0. The van der Waals surface area contributed by atoms with E-state index in [1.807, 2.05) is 12.3 Å². The predicted molar refractivity (Wildman–Crippen MR) is 136 cm³/mol. The van der Waals surface area contributed by atoms with Crippen LogP contribution in [0.2, 0.25) is 0 Å². The Morgan fingerprint density at radius 1 is 0.613 bits per heavy atom. The van der Waals surface area contributed by atoms with Gasteiger partial charge in [0.1, 0.15) is 0 Å². The summed E-state index contributed by atoms with van der Waals surface area (Å²) in [6.45, 7) is 0.650. The molecule has 3 heteroatoms. The van der Waals surface area contributed by atoms with Crippen molar-refractivity contribution in [2.24, 2.45) is 0 Å². The summed E-state index contributed by atoms with van der Waals surface area (Å²) in [7, 11) is 0. The number of fused-ring (bicyclic) bond motifs is 2. The number of rotatable bonds is 4. The Morgan fingerprint density at radius 2 is 1.23 bits per heavy atom. The molecule has 0 N–H and O–H groups in total. The van der Waals surface area contributed by atoms with Crippen LogP contribution in [0.15, 0.2) is 103 Å². The topological polar surface area (TPSA) is 27.0 Å². The molecule has 0 radical (unpaired) electrons. The summed E-state index contributed by atoms with van der Waals surface area (Å²) in [6, 6.07) is 33.6. The molecule has 0 aliphatic rings. The van der Waals surface area contributed by atoms with Gasteiger partial charge < -0.3 is 20.2 Å². The number of nitrogens with zero attached hydrogens (tertiary/aromatic N) is 2. The predicted octanol–water partition coefficient (Wildman–Crippen LogP) is 7.78. The molecule has 5 aromatic rings. The minimum Gasteiger partial charge on any atom is -0.680 e. The molecule has 0 spiro atoms. The second-order valence-electron chi connectivity index (χ2n) is 6.86. The third-order valence-electron chi connectivity index (χ3n) is 5.09. The van der Waals surface area contributed by atoms with Gasteiger partial charge in [-0.1, -0.05) is 96.6 Å². The normalized spacial score (nSPS) is 9.94. The van der Waals surface area contributed by atoms with Gasteiger partial charge in [-0.3, -0.25) is 4.98 Å². The SMILES string of the molecule is [Al+3].[CH3-].[CH3-].c1ccc(C[N-]c2ccc3ccccc3c2-c2nccc3ccccc23)cc1. The zero-order chi connectivity index (χ0) is 18.8. The molecule has 0 unspecified atom stereocenters. The van der Waals surface area contributed by atoms with Crippen LogP contribution in [0.1, 0.15) is 5.56 Å². The molecule has 0 atom stereocenters. The molecule has 1 heterocycles. The monoisotopic (exact) mass is 416 g/mol. The summed E-state index contributed by atoms with van der Waals surface area (Å²) in [5, 5.41) is 9.69. The van der Waals surface area contributed by atoms with E-state index in [1.165, 1.54) is 21.7 Å². The van der Waals surface area contributed by atoms with Gasteiger partial charge in [0.05, 0.1) is 5.69 Å². The molecule has 4 aromatic carbocycles. The second-order valence-corrected chi connectivity index (χ2v) is 6.86. The van der Waals surface area contributed by atoms with Gasteiger partial charge >= 0.3 is 17.4 Å². The Morgan fingerprint density at radius 3 is 1.97 bits per heavy atom. The molecular weight excluding hydrogens is 391 g/mol. The Kier molecular flexibility index (Phi) is 8.40. The molecule has 0 amide bonds. The van der Waals surface area contributed by atoms with Crippen LogP contribution < -0.4 is 0 Å². The van der Waals surface area contributed by atoms with Crippen molar-refractivity contribution in [2.45, 2.75) is 6.54 Å². The average Bonchev–Trinajstić information content (AvgIpc) is 2.77. The maximum absolute atomic E-state index is 4.97. The van der Waals surface area contributed by atoms with Crippen LogP contribution in [0.4, 0.5) is 5.69 Å². The van der Waals surface area contributed by atoms with Gasteiger partial charge in [-0.15, -0.1) is 12.2 Å². The molecule has 5 rings (SSSR count). The van der Waals surface area contributed by atoms with E-state index in [9.17, 15) is 0 Å². The Bertz CT molecular complexity index is 1260. The fraction of sp³-hybridized carbons (Fsp3) is 0.0357. The Balaban J connectivity index is 0.00000114. The van der Waals surface area contributed by atoms with Crippen molar-refractivity contribution in [1.29, 1.82) is 0 Å². The van der Waals surface area contributed by atoms with Gasteiger partial charge in [0.15, 0.2) is 0 Å². The van der Waals surface area contributed by atoms with Gasteiger partial charge in [-0.05, 0) is 27.8 Å². The average molecular weight is 417 g/mol. The smallest absolute Gasteiger partial charge is 0.680 e. The van der Waals surface area contributed by atoms with E-state index in [2.05, 4.69) is 91.0 Å². The number of aromatic nitrogens is 1. The first-order valence-corrected chi connectivity index (χ1v) is 9.47. The van der Waals surface area contributed by atoms with Crippen molar-refractivity contribution < 1.29 is 0 Å². The molecule has 0 bridgehead atoms. The molecule has 1 aromatic heterocycles. The van der Waals surface area contributed by atoms with Gasteiger partial charge in [-0.2, -0.15) is 0 Å². The van der Waals surface area contributed by atoms with E-state index in [1.54, 1.807) is 0 Å². The first-order valence-electron chi connectivity index (χ1n) is 9.47. The summed E-state index contributed by atoms with van der Waals surface area (Å²) in [4.78, 5) is 4.78. The van der Waals surface area contributed by atoms with Crippen molar-refractivity contribution in [3.8, 4) is 11.3 Å². The second kappa shape index (κ2) is 10.8. The van der Waals surface area contributed by atoms with Crippen LogP contribution in [-0.4, -0.2) is 22.3 Å². The summed E-state index contributed by atoms with van der Waals surface area (Å²) in [6.07, 6.45) is 1.89. The largest absolute Gasteiger partial charge is 3.00 e. The number of hydrogen-bond donors (Lipinski definition) is 0. The maximum Gasteiger partial charge on any atom is 3.00 e. The van der Waals surface area contributed by atoms with Crippen LogP contribution in [0.3, 0.4) is 0 Å². The standard InChI is InChI=1S/C26H19N2.2CH3.Al/c1-2-8-19(9-3-1)18-28-24-15-14-20-10-4-6-12-22(20)25(24)26-23-13-7-5-11-21(23)16-17-27-26;;;/h1-17H,18H2;2*1H3;/q3*-1;+3. The number of pyridine rings is 1. The van der Waals surface area contributed by atoms with Gasteiger partial charge in [0.2, 0.25) is 0 Å². The minimum absolute atomic E-state index is 0. The van der Waals surface area contributed by atoms with E-state index in [4.69, 9.17) is 10.3 Å². The van der Waals surface area contributed by atoms with Crippen molar-refractivity contribution in [3.63, 3.8) is 0 Å². The molecule has 0 saturated carbocycles. The van der Waals surface area contributed by atoms with Crippen molar-refractivity contribution in [3.05, 3.63) is 129 Å². The van der Waals surface area contributed by atoms with Crippen molar-refractivity contribution in [1.82, 2.24) is 4.98 Å². The van der Waals surface area contributed by atoms with Crippen LogP contribution in [-0.2, 0) is 6.54 Å². The quantitative estimate of drug-likeness (QED) is 0.217. The molecule has 0 aliphatic carbocycles. The van der Waals surface area contributed by atoms with Crippen molar-refractivity contribution >= 4 is 44.6 Å². The molecule has 0 fully saturated rings. The third kappa shape index (κ3) is 4.80. The maximum atomic E-state index is 4.97. The summed E-state index contributed by atoms with van der Waals surface area (Å²) < 4.78 is 0. The van der Waals surface area contributed by atoms with E-state index < -0.39 is 0 Å². The minimum atomic E-state index is 0. The van der Waals surface area contributed by atoms with E-state index >= 15 is 0 Å². The zero-order valence-electron chi connectivity index (χ0n) is 18.0. The first kappa shape index (κ1) is 24.2. The molecule has 150 valence electrons. The fourth-order valence-corrected chi connectivity index (χ4v) is 3.72. The van der Waals surface area contributed by atoms with Gasteiger partial charge in [0, 0.05) is 11.6 Å². The Labute approximate surface area is 196 Å². The fourth-order valence-electron chi connectivity index (χ4n) is 3.72. The van der Waals surface area contributed by atoms with Crippen molar-refractivity contribution in [2.75, 3.05) is 0 Å².